The molecule has 182 valence electrons. The first-order valence-corrected chi connectivity index (χ1v) is 10.7. The fraction of sp³-hybridized carbons (Fsp3) is 0.609. The maximum absolute atomic E-state index is 12.2. The zero-order chi connectivity index (χ0) is 24.3. The second-order valence-electron chi connectivity index (χ2n) is 8.00. The Balaban J connectivity index is 1.91. The van der Waals surface area contributed by atoms with Gasteiger partial charge in [0.25, 0.3) is 0 Å². The number of hydrogen-bond donors (Lipinski definition) is 0. The van der Waals surface area contributed by atoms with Crippen LogP contribution in [0.15, 0.2) is 12.1 Å². The van der Waals surface area contributed by atoms with Gasteiger partial charge in [-0.25, -0.2) is 0 Å². The Morgan fingerprint density at radius 1 is 0.939 bits per heavy atom. The SMILES string of the molecule is COc1ccc(OC)c2c1C[C@@H](C(C)=O)O[C@@H]2O[C@H]1C[C@H](OC(C)=O)[C@H](OC(C)=O)[C@H](C)O1. The van der Waals surface area contributed by atoms with Crippen LogP contribution in [0.25, 0.3) is 0 Å². The predicted octanol–water partition coefficient (Wildman–Crippen LogP) is 2.25. The van der Waals surface area contributed by atoms with Crippen LogP contribution in [0.2, 0.25) is 0 Å². The molecule has 1 aromatic carbocycles. The number of ether oxygens (including phenoxy) is 7. The number of esters is 2. The van der Waals surface area contributed by atoms with Crippen molar-refractivity contribution >= 4 is 17.7 Å². The van der Waals surface area contributed by atoms with E-state index in [0.717, 1.165) is 5.56 Å². The molecular formula is C23H30O10. The van der Waals surface area contributed by atoms with Crippen LogP contribution in [0.1, 0.15) is 51.5 Å². The Morgan fingerprint density at radius 2 is 1.58 bits per heavy atom. The molecule has 0 N–H and O–H groups in total. The van der Waals surface area contributed by atoms with Gasteiger partial charge < -0.3 is 33.2 Å². The van der Waals surface area contributed by atoms with Crippen molar-refractivity contribution in [2.45, 2.75) is 77.5 Å². The van der Waals surface area contributed by atoms with Gasteiger partial charge in [0.2, 0.25) is 0 Å². The Bertz CT molecular complexity index is 897. The zero-order valence-corrected chi connectivity index (χ0v) is 19.6. The van der Waals surface area contributed by atoms with Crippen molar-refractivity contribution in [3.8, 4) is 11.5 Å². The van der Waals surface area contributed by atoms with Gasteiger partial charge in [-0.15, -0.1) is 0 Å². The summed E-state index contributed by atoms with van der Waals surface area (Å²) in [6, 6.07) is 3.49. The number of fused-ring (bicyclic) bond motifs is 1. The molecule has 33 heavy (non-hydrogen) atoms. The summed E-state index contributed by atoms with van der Waals surface area (Å²) in [7, 11) is 3.07. The second-order valence-corrected chi connectivity index (χ2v) is 8.00. The highest BCUT2D eigenvalue weighted by Gasteiger charge is 2.44. The smallest absolute Gasteiger partial charge is 0.303 e. The van der Waals surface area contributed by atoms with Crippen molar-refractivity contribution < 1.29 is 47.5 Å². The summed E-state index contributed by atoms with van der Waals surface area (Å²) in [5.74, 6) is -0.106. The van der Waals surface area contributed by atoms with Crippen LogP contribution in [-0.4, -0.2) is 62.6 Å². The molecule has 0 radical (unpaired) electrons. The van der Waals surface area contributed by atoms with Gasteiger partial charge in [-0.2, -0.15) is 0 Å². The summed E-state index contributed by atoms with van der Waals surface area (Å²) < 4.78 is 39.8. The largest absolute Gasteiger partial charge is 0.496 e. The van der Waals surface area contributed by atoms with E-state index in [1.54, 1.807) is 26.2 Å². The zero-order valence-electron chi connectivity index (χ0n) is 19.6. The van der Waals surface area contributed by atoms with E-state index in [-0.39, 0.29) is 12.2 Å². The van der Waals surface area contributed by atoms with Crippen LogP contribution in [0.5, 0.6) is 11.5 Å². The molecule has 2 aliphatic rings. The quantitative estimate of drug-likeness (QED) is 0.554. The first-order valence-electron chi connectivity index (χ1n) is 10.7. The molecule has 1 aromatic rings. The van der Waals surface area contributed by atoms with E-state index in [1.165, 1.54) is 27.9 Å². The Labute approximate surface area is 192 Å². The van der Waals surface area contributed by atoms with E-state index in [1.807, 2.05) is 0 Å². The topological polar surface area (TPSA) is 116 Å². The minimum Gasteiger partial charge on any atom is -0.496 e. The van der Waals surface area contributed by atoms with Crippen molar-refractivity contribution in [2.24, 2.45) is 0 Å². The third-order valence-corrected chi connectivity index (χ3v) is 5.60. The summed E-state index contributed by atoms with van der Waals surface area (Å²) in [5, 5.41) is 0. The van der Waals surface area contributed by atoms with Crippen molar-refractivity contribution in [3.63, 3.8) is 0 Å². The molecule has 0 aromatic heterocycles. The summed E-state index contributed by atoms with van der Waals surface area (Å²) in [4.78, 5) is 35.4. The number of carbonyl (C=O) groups is 3. The van der Waals surface area contributed by atoms with E-state index >= 15 is 0 Å². The molecule has 0 spiro atoms. The highest BCUT2D eigenvalue weighted by Crippen LogP contribution is 2.43. The standard InChI is InChI=1S/C23H30O10/c1-11(24)18-9-15-16(27-5)7-8-17(28-6)21(15)23(32-18)33-20-10-19(30-13(3)25)22(12(2)29-20)31-14(4)26/h7-8,12,18-20,22-23H,9-10H2,1-6H3/t12-,18-,19-,20-,22+,23+/m0/s1. The molecule has 0 bridgehead atoms. The third-order valence-electron chi connectivity index (χ3n) is 5.60. The van der Waals surface area contributed by atoms with Gasteiger partial charge in [0.15, 0.2) is 24.5 Å². The van der Waals surface area contributed by atoms with Gasteiger partial charge in [-0.3, -0.25) is 14.4 Å². The maximum atomic E-state index is 12.2. The molecule has 1 saturated heterocycles. The number of Topliss-reactive ketones (excluding diaryl/α,β-unsaturated/α-hetero) is 1. The number of carbonyl (C=O) groups excluding carboxylic acids is 3. The number of benzene rings is 1. The maximum Gasteiger partial charge on any atom is 0.303 e. The molecule has 6 atom stereocenters. The van der Waals surface area contributed by atoms with Crippen LogP contribution >= 0.6 is 0 Å². The number of rotatable bonds is 7. The van der Waals surface area contributed by atoms with Gasteiger partial charge in [-0.05, 0) is 26.0 Å². The fourth-order valence-electron chi connectivity index (χ4n) is 4.17. The summed E-state index contributed by atoms with van der Waals surface area (Å²) in [5.41, 5.74) is 1.34. The fourth-order valence-corrected chi connectivity index (χ4v) is 4.17. The van der Waals surface area contributed by atoms with Crippen LogP contribution in [0.3, 0.4) is 0 Å². The summed E-state index contributed by atoms with van der Waals surface area (Å²) in [6.45, 7) is 5.68. The molecule has 2 aliphatic heterocycles. The normalized spacial score (nSPS) is 28.9. The van der Waals surface area contributed by atoms with Gasteiger partial charge in [0, 0.05) is 32.3 Å². The van der Waals surface area contributed by atoms with Gasteiger partial charge in [0.05, 0.1) is 25.9 Å². The summed E-state index contributed by atoms with van der Waals surface area (Å²) >= 11 is 0. The van der Waals surface area contributed by atoms with Crippen molar-refractivity contribution in [3.05, 3.63) is 23.3 Å². The van der Waals surface area contributed by atoms with Crippen LogP contribution < -0.4 is 9.47 Å². The second kappa shape index (κ2) is 10.5. The minimum absolute atomic E-state index is 0.0914. The molecule has 0 aliphatic carbocycles. The predicted molar refractivity (Wildman–Crippen MR) is 113 cm³/mol. The first-order chi connectivity index (χ1) is 15.6. The average molecular weight is 466 g/mol. The van der Waals surface area contributed by atoms with Crippen molar-refractivity contribution in [1.29, 1.82) is 0 Å². The molecule has 0 unspecified atom stereocenters. The average Bonchev–Trinajstić information content (AvgIpc) is 2.74. The van der Waals surface area contributed by atoms with Crippen molar-refractivity contribution in [1.82, 2.24) is 0 Å². The monoisotopic (exact) mass is 466 g/mol. The van der Waals surface area contributed by atoms with Gasteiger partial charge in [0.1, 0.15) is 23.7 Å². The Kier molecular flexibility index (Phi) is 7.93. The molecule has 0 saturated carbocycles. The lowest BCUT2D eigenvalue weighted by molar-refractivity contribution is -0.309. The van der Waals surface area contributed by atoms with E-state index in [9.17, 15) is 14.4 Å². The molecule has 2 heterocycles. The van der Waals surface area contributed by atoms with Crippen molar-refractivity contribution in [2.75, 3.05) is 14.2 Å². The van der Waals surface area contributed by atoms with Crippen LogP contribution in [0.4, 0.5) is 0 Å². The van der Waals surface area contributed by atoms with E-state index in [4.69, 9.17) is 33.2 Å². The van der Waals surface area contributed by atoms with E-state index in [2.05, 4.69) is 0 Å². The molecule has 3 rings (SSSR count). The number of ketones is 1. The van der Waals surface area contributed by atoms with Gasteiger partial charge >= 0.3 is 11.9 Å². The van der Waals surface area contributed by atoms with Gasteiger partial charge in [-0.1, -0.05) is 0 Å². The van der Waals surface area contributed by atoms with Crippen LogP contribution in [-0.2, 0) is 44.5 Å². The lowest BCUT2D eigenvalue weighted by Crippen LogP contribution is -2.51. The lowest BCUT2D eigenvalue weighted by atomic mass is 9.94. The molecular weight excluding hydrogens is 436 g/mol. The third kappa shape index (κ3) is 5.63. The van der Waals surface area contributed by atoms with E-state index in [0.29, 0.717) is 23.5 Å². The number of methoxy groups -OCH3 is 2. The Hall–Kier alpha value is -2.69. The summed E-state index contributed by atoms with van der Waals surface area (Å²) in [6.07, 6.45) is -4.43. The number of hydrogen-bond acceptors (Lipinski definition) is 10. The highest BCUT2D eigenvalue weighted by atomic mass is 16.8. The lowest BCUT2D eigenvalue weighted by Gasteiger charge is -2.41. The minimum atomic E-state index is -1.01. The molecule has 10 nitrogen and oxygen atoms in total. The molecule has 1 fully saturated rings. The van der Waals surface area contributed by atoms with Crippen LogP contribution in [0, 0.1) is 0 Å². The highest BCUT2D eigenvalue weighted by molar-refractivity contribution is 5.81. The molecule has 10 heteroatoms. The molecule has 0 amide bonds. The Morgan fingerprint density at radius 3 is 2.15 bits per heavy atom. The van der Waals surface area contributed by atoms with E-state index < -0.39 is 48.9 Å². The first kappa shape index (κ1) is 24.9.